The molecule has 6 heteroatoms. The Labute approximate surface area is 127 Å². The number of aromatic amines is 1. The number of nitrogens with zero attached hydrogens (tertiary/aromatic N) is 2. The van der Waals surface area contributed by atoms with Crippen LogP contribution in [0.1, 0.15) is 37.1 Å². The molecule has 110 valence electrons. The molecule has 21 heavy (non-hydrogen) atoms. The molecule has 1 atom stereocenters. The third-order valence-corrected chi connectivity index (χ3v) is 4.45. The minimum Gasteiger partial charge on any atom is -0.350 e. The minimum atomic E-state index is -0.175. The van der Waals surface area contributed by atoms with E-state index >= 15 is 0 Å². The van der Waals surface area contributed by atoms with Crippen LogP contribution >= 0.6 is 11.8 Å². The highest BCUT2D eigenvalue weighted by Crippen LogP contribution is 2.38. The number of aromatic nitrogens is 3. The maximum Gasteiger partial charge on any atom is 0.233 e. The fraction of sp³-hybridized carbons (Fsp3) is 0.400. The van der Waals surface area contributed by atoms with Crippen molar-refractivity contribution in [1.29, 1.82) is 0 Å². The van der Waals surface area contributed by atoms with Crippen molar-refractivity contribution in [3.63, 3.8) is 0 Å². The molecular formula is C15H18N4OS. The van der Waals surface area contributed by atoms with Crippen LogP contribution < -0.4 is 5.32 Å². The Morgan fingerprint density at radius 1 is 1.52 bits per heavy atom. The monoisotopic (exact) mass is 302 g/mol. The number of carbonyl (C=O) groups is 1. The molecule has 2 aromatic heterocycles. The van der Waals surface area contributed by atoms with Crippen molar-refractivity contribution in [3.05, 3.63) is 41.9 Å². The molecule has 0 spiro atoms. The van der Waals surface area contributed by atoms with Gasteiger partial charge in [-0.05, 0) is 38.0 Å². The van der Waals surface area contributed by atoms with Crippen LogP contribution in [0.15, 0.2) is 35.5 Å². The van der Waals surface area contributed by atoms with E-state index < -0.39 is 0 Å². The van der Waals surface area contributed by atoms with Gasteiger partial charge in [0, 0.05) is 12.1 Å². The Kier molecular flexibility index (Phi) is 4.24. The molecule has 2 heterocycles. The molecular weight excluding hydrogens is 284 g/mol. The van der Waals surface area contributed by atoms with Crippen LogP contribution in [0, 0.1) is 0 Å². The molecule has 0 aliphatic heterocycles. The summed E-state index contributed by atoms with van der Waals surface area (Å²) in [5, 5.41) is 10.9. The van der Waals surface area contributed by atoms with Gasteiger partial charge in [0.1, 0.15) is 0 Å². The van der Waals surface area contributed by atoms with E-state index in [-0.39, 0.29) is 11.2 Å². The molecule has 0 saturated heterocycles. The zero-order valence-corrected chi connectivity index (χ0v) is 12.7. The van der Waals surface area contributed by atoms with Crippen molar-refractivity contribution in [2.24, 2.45) is 0 Å². The van der Waals surface area contributed by atoms with Crippen molar-refractivity contribution in [2.45, 2.75) is 42.5 Å². The topological polar surface area (TPSA) is 70.7 Å². The summed E-state index contributed by atoms with van der Waals surface area (Å²) in [6, 6.07) is 7.74. The number of pyridine rings is 1. The first-order chi connectivity index (χ1) is 10.2. The molecule has 0 aromatic carbocycles. The lowest BCUT2D eigenvalue weighted by Crippen LogP contribution is -2.30. The third kappa shape index (κ3) is 3.85. The first-order valence-electron chi connectivity index (χ1n) is 7.12. The van der Waals surface area contributed by atoms with E-state index in [2.05, 4.69) is 26.6 Å². The second-order valence-electron chi connectivity index (χ2n) is 5.24. The molecule has 1 fully saturated rings. The second-order valence-corrected chi connectivity index (χ2v) is 6.60. The molecule has 0 radical (unpaired) electrons. The maximum atomic E-state index is 12.1. The number of amides is 1. The van der Waals surface area contributed by atoms with Gasteiger partial charge < -0.3 is 5.32 Å². The fourth-order valence-electron chi connectivity index (χ4n) is 2.04. The van der Waals surface area contributed by atoms with Crippen molar-refractivity contribution in [3.8, 4) is 0 Å². The number of rotatable bonds is 6. The first kappa shape index (κ1) is 14.1. The maximum absolute atomic E-state index is 12.1. The highest BCUT2D eigenvalue weighted by atomic mass is 32.2. The molecule has 5 nitrogen and oxygen atoms in total. The lowest BCUT2D eigenvalue weighted by molar-refractivity contribution is -0.120. The quantitative estimate of drug-likeness (QED) is 0.804. The molecule has 1 aliphatic carbocycles. The smallest absolute Gasteiger partial charge is 0.233 e. The van der Waals surface area contributed by atoms with Gasteiger partial charge >= 0.3 is 0 Å². The Hall–Kier alpha value is -1.82. The average molecular weight is 302 g/mol. The summed E-state index contributed by atoms with van der Waals surface area (Å²) in [7, 11) is 0. The van der Waals surface area contributed by atoms with Gasteiger partial charge in [0.2, 0.25) is 5.91 Å². The number of thioether (sulfide) groups is 1. The van der Waals surface area contributed by atoms with Crippen LogP contribution in [0.2, 0.25) is 0 Å². The van der Waals surface area contributed by atoms with Crippen LogP contribution in [0.25, 0.3) is 0 Å². The van der Waals surface area contributed by atoms with Crippen molar-refractivity contribution in [2.75, 3.05) is 0 Å². The van der Waals surface area contributed by atoms with Crippen LogP contribution in [-0.2, 0) is 11.3 Å². The summed E-state index contributed by atoms with van der Waals surface area (Å²) in [6.07, 6.45) is 4.19. The standard InChI is InChI=1S/C15H18N4OS/c1-10(21-14-4-2-3-7-16-14)15(20)17-9-12-8-13(19-18-12)11-5-6-11/h2-4,7-8,10-11H,5-6,9H2,1H3,(H,17,20)(H,18,19)/t10-/m1/s1. The normalized spacial score (nSPS) is 15.7. The van der Waals surface area contributed by atoms with Gasteiger partial charge in [-0.25, -0.2) is 4.98 Å². The minimum absolute atomic E-state index is 0.00762. The summed E-state index contributed by atoms with van der Waals surface area (Å²) in [6.45, 7) is 2.38. The summed E-state index contributed by atoms with van der Waals surface area (Å²) in [4.78, 5) is 16.3. The second kappa shape index (κ2) is 6.30. The van der Waals surface area contributed by atoms with E-state index in [4.69, 9.17) is 0 Å². The zero-order valence-electron chi connectivity index (χ0n) is 11.9. The summed E-state index contributed by atoms with van der Waals surface area (Å²) in [5.41, 5.74) is 2.08. The molecule has 0 unspecified atom stereocenters. The predicted octanol–water partition coefficient (Wildman–Crippen LogP) is 2.48. The lowest BCUT2D eigenvalue weighted by Gasteiger charge is -2.10. The van der Waals surface area contributed by atoms with E-state index in [0.29, 0.717) is 12.5 Å². The molecule has 1 saturated carbocycles. The predicted molar refractivity (Wildman–Crippen MR) is 82.0 cm³/mol. The first-order valence-corrected chi connectivity index (χ1v) is 8.00. The zero-order chi connectivity index (χ0) is 14.7. The molecule has 0 bridgehead atoms. The van der Waals surface area contributed by atoms with E-state index in [1.54, 1.807) is 6.20 Å². The van der Waals surface area contributed by atoms with Crippen molar-refractivity contribution < 1.29 is 4.79 Å². The molecule has 2 N–H and O–H groups in total. The molecule has 1 amide bonds. The fourth-order valence-corrected chi connectivity index (χ4v) is 2.87. The highest BCUT2D eigenvalue weighted by Gasteiger charge is 2.26. The molecule has 3 rings (SSSR count). The number of hydrogen-bond acceptors (Lipinski definition) is 4. The van der Waals surface area contributed by atoms with Crippen LogP contribution in [-0.4, -0.2) is 26.3 Å². The lowest BCUT2D eigenvalue weighted by atomic mass is 10.2. The van der Waals surface area contributed by atoms with Gasteiger partial charge in [-0.2, -0.15) is 5.10 Å². The summed E-state index contributed by atoms with van der Waals surface area (Å²) < 4.78 is 0. The number of nitrogens with one attached hydrogen (secondary N) is 2. The van der Waals surface area contributed by atoms with Gasteiger partial charge in [-0.15, -0.1) is 0 Å². The summed E-state index contributed by atoms with van der Waals surface area (Å²) >= 11 is 1.46. The Bertz CT molecular complexity index is 609. The highest BCUT2D eigenvalue weighted by molar-refractivity contribution is 8.00. The van der Waals surface area contributed by atoms with Gasteiger partial charge in [0.25, 0.3) is 0 Å². The van der Waals surface area contributed by atoms with Crippen molar-refractivity contribution >= 4 is 17.7 Å². The van der Waals surface area contributed by atoms with Gasteiger partial charge in [0.15, 0.2) is 0 Å². The number of H-pyrrole nitrogens is 1. The Morgan fingerprint density at radius 2 is 2.38 bits per heavy atom. The largest absolute Gasteiger partial charge is 0.350 e. The number of hydrogen-bond donors (Lipinski definition) is 2. The van der Waals surface area contributed by atoms with Crippen LogP contribution in [0.3, 0.4) is 0 Å². The van der Waals surface area contributed by atoms with E-state index in [0.717, 1.165) is 16.4 Å². The van der Waals surface area contributed by atoms with E-state index in [9.17, 15) is 4.79 Å². The van der Waals surface area contributed by atoms with E-state index in [1.165, 1.54) is 24.6 Å². The SMILES string of the molecule is C[C@@H](Sc1ccccn1)C(=O)NCc1cc(C2CC2)n[nH]1. The molecule has 1 aliphatic rings. The van der Waals surface area contributed by atoms with Crippen molar-refractivity contribution in [1.82, 2.24) is 20.5 Å². The molecule has 2 aromatic rings. The third-order valence-electron chi connectivity index (χ3n) is 3.40. The number of carbonyl (C=O) groups excluding carboxylic acids is 1. The Morgan fingerprint density at radius 3 is 3.10 bits per heavy atom. The van der Waals surface area contributed by atoms with Gasteiger partial charge in [-0.3, -0.25) is 9.89 Å². The average Bonchev–Trinajstić information content (AvgIpc) is 3.25. The van der Waals surface area contributed by atoms with Gasteiger partial charge in [-0.1, -0.05) is 17.8 Å². The van der Waals surface area contributed by atoms with Crippen LogP contribution in [0.4, 0.5) is 0 Å². The summed E-state index contributed by atoms with van der Waals surface area (Å²) in [5.74, 6) is 0.637. The van der Waals surface area contributed by atoms with E-state index in [1.807, 2.05) is 25.1 Å². The van der Waals surface area contributed by atoms with Crippen LogP contribution in [0.5, 0.6) is 0 Å². The Balaban J connectivity index is 1.48. The van der Waals surface area contributed by atoms with Gasteiger partial charge in [0.05, 0.1) is 28.2 Å².